The number of rotatable bonds is 3. The number of anilines is 1. The third-order valence-corrected chi connectivity index (χ3v) is 9.37. The molecular weight excluding hydrogens is 522 g/mol. The van der Waals surface area contributed by atoms with Crippen LogP contribution in [0.5, 0.6) is 0 Å². The number of piperidine rings is 1. The van der Waals surface area contributed by atoms with Crippen molar-refractivity contribution in [1.29, 1.82) is 0 Å². The Morgan fingerprint density at radius 1 is 0.976 bits per heavy atom. The number of imidazole rings is 1. The van der Waals surface area contributed by atoms with Crippen LogP contribution in [0.2, 0.25) is 0 Å². The van der Waals surface area contributed by atoms with Crippen molar-refractivity contribution < 1.29 is 19.5 Å². The highest BCUT2D eigenvalue weighted by atomic mass is 16.4. The van der Waals surface area contributed by atoms with Crippen LogP contribution in [-0.2, 0) is 16.6 Å². The monoisotopic (exact) mass is 559 g/mol. The molecule has 3 saturated heterocycles. The van der Waals surface area contributed by atoms with Crippen LogP contribution in [0.25, 0.3) is 22.2 Å². The standard InChI is InChI=1S/C31H37N5O5/c1-30(2,3)27-31(14-16-35(27)29(40)41)13-15-34(18-31)21-8-5-19(6-9-21)20-7-10-22-24(17-20)33(4)28(39)36(22)23-11-12-25(37)32-26(23)38/h5-10,17,23,27H,11-16,18H2,1-4H3,(H,40,41)(H,32,37,38). The molecule has 41 heavy (non-hydrogen) atoms. The van der Waals surface area contributed by atoms with E-state index in [0.29, 0.717) is 18.5 Å². The SMILES string of the molecule is Cn1c(=O)n(C2CCC(=O)NC2=O)c2ccc(-c3ccc(N4CCC5(CCN(C(=O)O)C5C(C)(C)C)C4)cc3)cc21. The summed E-state index contributed by atoms with van der Waals surface area (Å²) in [5.41, 5.74) is 3.98. The van der Waals surface area contributed by atoms with E-state index in [1.54, 1.807) is 16.5 Å². The van der Waals surface area contributed by atoms with E-state index >= 15 is 0 Å². The van der Waals surface area contributed by atoms with Crippen molar-refractivity contribution in [3.05, 3.63) is 52.9 Å². The molecule has 2 N–H and O–H groups in total. The molecule has 0 aliphatic carbocycles. The molecule has 3 aliphatic rings. The van der Waals surface area contributed by atoms with E-state index in [2.05, 4.69) is 55.3 Å². The first-order valence-corrected chi connectivity index (χ1v) is 14.3. The number of fused-ring (bicyclic) bond motifs is 1. The number of likely N-dealkylation sites (tertiary alicyclic amines) is 1. The number of amides is 3. The van der Waals surface area contributed by atoms with E-state index in [9.17, 15) is 24.3 Å². The number of carbonyl (C=O) groups is 3. The van der Waals surface area contributed by atoms with Gasteiger partial charge in [-0.2, -0.15) is 0 Å². The highest BCUT2D eigenvalue weighted by Gasteiger charge is 2.56. The predicted molar refractivity (Wildman–Crippen MR) is 156 cm³/mol. The molecule has 10 heteroatoms. The zero-order valence-electron chi connectivity index (χ0n) is 24.0. The van der Waals surface area contributed by atoms with E-state index in [0.717, 1.165) is 48.3 Å². The number of benzene rings is 2. The molecule has 3 unspecified atom stereocenters. The summed E-state index contributed by atoms with van der Waals surface area (Å²) in [4.78, 5) is 53.3. The minimum absolute atomic E-state index is 0.0253. The van der Waals surface area contributed by atoms with Gasteiger partial charge in [-0.25, -0.2) is 9.59 Å². The van der Waals surface area contributed by atoms with Crippen LogP contribution in [0, 0.1) is 10.8 Å². The molecule has 3 amide bonds. The maximum Gasteiger partial charge on any atom is 0.407 e. The zero-order chi connectivity index (χ0) is 29.3. The largest absolute Gasteiger partial charge is 0.465 e. The van der Waals surface area contributed by atoms with Gasteiger partial charge in [0.05, 0.1) is 11.0 Å². The van der Waals surface area contributed by atoms with E-state index in [-0.39, 0.29) is 34.9 Å². The van der Waals surface area contributed by atoms with Gasteiger partial charge in [-0.3, -0.25) is 24.0 Å². The van der Waals surface area contributed by atoms with Crippen molar-refractivity contribution in [3.8, 4) is 11.1 Å². The van der Waals surface area contributed by atoms with E-state index in [1.165, 1.54) is 4.57 Å². The maximum absolute atomic E-state index is 13.1. The second-order valence-corrected chi connectivity index (χ2v) is 13.0. The number of aryl methyl sites for hydroxylation is 1. The van der Waals surface area contributed by atoms with Crippen LogP contribution >= 0.6 is 0 Å². The average molecular weight is 560 g/mol. The molecule has 4 heterocycles. The third kappa shape index (κ3) is 4.40. The van der Waals surface area contributed by atoms with Crippen molar-refractivity contribution >= 4 is 34.6 Å². The highest BCUT2D eigenvalue weighted by molar-refractivity contribution is 6.00. The fraction of sp³-hybridized carbons (Fsp3) is 0.484. The first-order chi connectivity index (χ1) is 19.4. The molecule has 216 valence electrons. The number of nitrogens with zero attached hydrogens (tertiary/aromatic N) is 4. The van der Waals surface area contributed by atoms with E-state index < -0.39 is 18.0 Å². The van der Waals surface area contributed by atoms with Gasteiger partial charge in [-0.15, -0.1) is 0 Å². The van der Waals surface area contributed by atoms with Crippen LogP contribution in [0.3, 0.4) is 0 Å². The molecule has 1 spiro atoms. The molecule has 0 bridgehead atoms. The summed E-state index contributed by atoms with van der Waals surface area (Å²) in [6.45, 7) is 8.74. The maximum atomic E-state index is 13.1. The average Bonchev–Trinajstić information content (AvgIpc) is 3.60. The number of aromatic nitrogens is 2. The summed E-state index contributed by atoms with van der Waals surface area (Å²) < 4.78 is 3.04. The second-order valence-electron chi connectivity index (χ2n) is 13.0. The van der Waals surface area contributed by atoms with Crippen molar-refractivity contribution in [2.75, 3.05) is 24.5 Å². The van der Waals surface area contributed by atoms with Crippen molar-refractivity contribution in [2.45, 2.75) is 58.5 Å². The normalized spacial score (nSPS) is 25.0. The summed E-state index contributed by atoms with van der Waals surface area (Å²) in [7, 11) is 1.70. The molecular formula is C31H37N5O5. The first kappa shape index (κ1) is 27.1. The second kappa shape index (κ2) is 9.49. The molecule has 3 atom stereocenters. The lowest BCUT2D eigenvalue weighted by atomic mass is 9.68. The lowest BCUT2D eigenvalue weighted by molar-refractivity contribution is -0.135. The summed E-state index contributed by atoms with van der Waals surface area (Å²) in [6.07, 6.45) is 1.53. The summed E-state index contributed by atoms with van der Waals surface area (Å²) >= 11 is 0. The Morgan fingerprint density at radius 2 is 1.66 bits per heavy atom. The summed E-state index contributed by atoms with van der Waals surface area (Å²) in [5.74, 6) is -0.754. The van der Waals surface area contributed by atoms with Crippen LogP contribution in [0.1, 0.15) is 52.5 Å². The molecule has 10 nitrogen and oxygen atoms in total. The van der Waals surface area contributed by atoms with Gasteiger partial charge >= 0.3 is 11.8 Å². The van der Waals surface area contributed by atoms with Gasteiger partial charge in [-0.05, 0) is 60.1 Å². The van der Waals surface area contributed by atoms with Gasteiger partial charge in [0.1, 0.15) is 6.04 Å². The number of nitrogens with one attached hydrogen (secondary N) is 1. The number of hydrogen-bond donors (Lipinski definition) is 2. The predicted octanol–water partition coefficient (Wildman–Crippen LogP) is 3.98. The smallest absolute Gasteiger partial charge is 0.407 e. The van der Waals surface area contributed by atoms with Crippen LogP contribution in [0.4, 0.5) is 10.5 Å². The molecule has 6 rings (SSSR count). The Kier molecular flexibility index (Phi) is 6.28. The van der Waals surface area contributed by atoms with Gasteiger partial charge in [0.2, 0.25) is 11.8 Å². The Labute approximate surface area is 238 Å². The summed E-state index contributed by atoms with van der Waals surface area (Å²) in [6, 6.07) is 13.4. The molecule has 3 fully saturated rings. The van der Waals surface area contributed by atoms with Crippen molar-refractivity contribution in [2.24, 2.45) is 17.9 Å². The third-order valence-electron chi connectivity index (χ3n) is 9.37. The first-order valence-electron chi connectivity index (χ1n) is 14.3. The lowest BCUT2D eigenvalue weighted by Gasteiger charge is -2.43. The number of carboxylic acid groups (broad SMARTS) is 1. The fourth-order valence-corrected chi connectivity index (χ4v) is 7.71. The number of hydrogen-bond acceptors (Lipinski definition) is 5. The van der Waals surface area contributed by atoms with Gasteiger partial charge in [0, 0.05) is 50.2 Å². The molecule has 3 aromatic rings. The number of imide groups is 1. The Balaban J connectivity index is 1.25. The Morgan fingerprint density at radius 3 is 2.32 bits per heavy atom. The summed E-state index contributed by atoms with van der Waals surface area (Å²) in [5, 5.41) is 12.2. The Bertz CT molecular complexity index is 1610. The Hall–Kier alpha value is -4.08. The fourth-order valence-electron chi connectivity index (χ4n) is 7.71. The highest BCUT2D eigenvalue weighted by Crippen LogP contribution is 2.51. The number of carbonyl (C=O) groups excluding carboxylic acids is 2. The van der Waals surface area contributed by atoms with Gasteiger partial charge in [0.25, 0.3) is 0 Å². The van der Waals surface area contributed by atoms with Gasteiger partial charge < -0.3 is 14.9 Å². The quantitative estimate of drug-likeness (QED) is 0.469. The van der Waals surface area contributed by atoms with Gasteiger partial charge in [0.15, 0.2) is 0 Å². The minimum atomic E-state index is -0.827. The zero-order valence-corrected chi connectivity index (χ0v) is 24.0. The minimum Gasteiger partial charge on any atom is -0.465 e. The molecule has 0 radical (unpaired) electrons. The van der Waals surface area contributed by atoms with Crippen LogP contribution < -0.4 is 15.9 Å². The molecule has 3 aliphatic heterocycles. The molecule has 1 aromatic heterocycles. The molecule has 0 saturated carbocycles. The topological polar surface area (TPSA) is 117 Å². The molecule has 2 aromatic carbocycles. The van der Waals surface area contributed by atoms with E-state index in [1.807, 2.05) is 18.2 Å². The van der Waals surface area contributed by atoms with Gasteiger partial charge in [-0.1, -0.05) is 39.0 Å². The van der Waals surface area contributed by atoms with E-state index in [4.69, 9.17) is 0 Å². The van der Waals surface area contributed by atoms with Crippen molar-refractivity contribution in [1.82, 2.24) is 19.4 Å². The van der Waals surface area contributed by atoms with Crippen LogP contribution in [-0.4, -0.2) is 62.7 Å². The van der Waals surface area contributed by atoms with Crippen LogP contribution in [0.15, 0.2) is 47.3 Å². The van der Waals surface area contributed by atoms with Crippen molar-refractivity contribution in [3.63, 3.8) is 0 Å². The lowest BCUT2D eigenvalue weighted by Crippen LogP contribution is -2.51.